The number of fused-ring (bicyclic) bond motifs is 5. The first-order valence-corrected chi connectivity index (χ1v) is 15.1. The number of aliphatic hydroxyl groups excluding tert-OH is 4. The molecule has 4 aliphatic carbocycles. The summed E-state index contributed by atoms with van der Waals surface area (Å²) >= 11 is 0. The number of hydrogen-bond acceptors (Lipinski definition) is 11. The van der Waals surface area contributed by atoms with E-state index < -0.39 is 88.0 Å². The number of carbonyl (C=O) groups excluding carboxylic acids is 1. The quantitative estimate of drug-likeness (QED) is 0.191. The van der Waals surface area contributed by atoms with Gasteiger partial charge in [-0.2, -0.15) is 4.89 Å². The van der Waals surface area contributed by atoms with E-state index in [0.29, 0.717) is 25.3 Å². The number of rotatable bonds is 2. The summed E-state index contributed by atoms with van der Waals surface area (Å²) in [5, 5.41) is 70.5. The molecule has 7 fully saturated rings. The molecular formula is C29H45NO10. The molecule has 0 aromatic heterocycles. The van der Waals surface area contributed by atoms with Gasteiger partial charge in [0.25, 0.3) is 0 Å². The van der Waals surface area contributed by atoms with Gasteiger partial charge in [0.05, 0.1) is 29.3 Å². The number of nitrogens with zero attached hydrogens (tertiary/aromatic N) is 1. The minimum Gasteiger partial charge on any atom is -0.393 e. The second-order valence-electron chi connectivity index (χ2n) is 14.9. The highest BCUT2D eigenvalue weighted by molar-refractivity contribution is 5.65. The van der Waals surface area contributed by atoms with E-state index >= 15 is 0 Å². The number of aliphatic hydroxyl groups is 6. The molecule has 7 rings (SSSR count). The zero-order valence-electron chi connectivity index (χ0n) is 23.8. The smallest absolute Gasteiger partial charge is 0.339 e. The van der Waals surface area contributed by atoms with Crippen molar-refractivity contribution in [3.8, 4) is 0 Å². The SMILES string of the molecule is CC(=O)OO[C@@]12C(CC34OC5(O)C(O)CCC3(C)C5C[C@@H](O)C41)C1CN3CC(C)CCC3[C@@](C)(O)C1C(O)[C@@H]2O. The van der Waals surface area contributed by atoms with E-state index in [0.717, 1.165) is 19.4 Å². The van der Waals surface area contributed by atoms with Crippen LogP contribution in [0.2, 0.25) is 0 Å². The highest BCUT2D eigenvalue weighted by Gasteiger charge is 2.87. The maximum absolute atomic E-state index is 12.1. The molecule has 226 valence electrons. The van der Waals surface area contributed by atoms with Gasteiger partial charge in [-0.1, -0.05) is 13.8 Å². The van der Waals surface area contributed by atoms with Crippen molar-refractivity contribution in [3.05, 3.63) is 0 Å². The van der Waals surface area contributed by atoms with Crippen LogP contribution in [0.3, 0.4) is 0 Å². The summed E-state index contributed by atoms with van der Waals surface area (Å²) in [4.78, 5) is 25.6. The zero-order chi connectivity index (χ0) is 28.8. The minimum absolute atomic E-state index is 0.0920. The van der Waals surface area contributed by atoms with Crippen molar-refractivity contribution >= 4 is 5.97 Å². The van der Waals surface area contributed by atoms with Gasteiger partial charge >= 0.3 is 5.97 Å². The summed E-state index contributed by atoms with van der Waals surface area (Å²) < 4.78 is 6.61. The topological polar surface area (TPSA) is 169 Å². The van der Waals surface area contributed by atoms with Gasteiger partial charge < -0.3 is 35.4 Å². The number of piperidine rings is 2. The molecule has 3 saturated heterocycles. The van der Waals surface area contributed by atoms with Crippen molar-refractivity contribution in [1.82, 2.24) is 4.90 Å². The fraction of sp³-hybridized carbons (Fsp3) is 0.966. The molecule has 6 N–H and O–H groups in total. The van der Waals surface area contributed by atoms with E-state index in [1.165, 1.54) is 6.92 Å². The Balaban J connectivity index is 1.41. The molecule has 7 aliphatic rings. The van der Waals surface area contributed by atoms with Gasteiger partial charge in [-0.15, -0.1) is 0 Å². The van der Waals surface area contributed by atoms with Crippen molar-refractivity contribution in [2.75, 3.05) is 13.1 Å². The molecule has 0 radical (unpaired) electrons. The van der Waals surface area contributed by atoms with Crippen LogP contribution in [-0.2, 0) is 19.3 Å². The normalized spacial score (nSPS) is 62.2. The Hall–Kier alpha value is -0.890. The molecule has 3 aliphatic heterocycles. The first kappa shape index (κ1) is 27.9. The Morgan fingerprint density at radius 2 is 1.77 bits per heavy atom. The monoisotopic (exact) mass is 567 g/mol. The van der Waals surface area contributed by atoms with Crippen LogP contribution >= 0.6 is 0 Å². The van der Waals surface area contributed by atoms with E-state index in [1.807, 2.05) is 6.92 Å². The van der Waals surface area contributed by atoms with Gasteiger partial charge in [0, 0.05) is 49.2 Å². The van der Waals surface area contributed by atoms with Crippen molar-refractivity contribution in [3.63, 3.8) is 0 Å². The van der Waals surface area contributed by atoms with Crippen molar-refractivity contribution in [1.29, 1.82) is 0 Å². The van der Waals surface area contributed by atoms with Crippen LogP contribution in [0.5, 0.6) is 0 Å². The molecule has 0 aromatic rings. The Kier molecular flexibility index (Phi) is 5.85. The highest BCUT2D eigenvalue weighted by Crippen LogP contribution is 2.77. The Bertz CT molecular complexity index is 1090. The summed E-state index contributed by atoms with van der Waals surface area (Å²) in [5.74, 6) is -5.43. The molecule has 1 spiro atoms. The van der Waals surface area contributed by atoms with E-state index in [-0.39, 0.29) is 18.9 Å². The average Bonchev–Trinajstić information content (AvgIpc) is 3.19. The summed E-state index contributed by atoms with van der Waals surface area (Å²) in [6, 6.07) is -0.180. The third-order valence-electron chi connectivity index (χ3n) is 13.1. The molecule has 4 saturated carbocycles. The Morgan fingerprint density at radius 1 is 1.05 bits per heavy atom. The summed E-state index contributed by atoms with van der Waals surface area (Å²) in [7, 11) is 0. The molecule has 40 heavy (non-hydrogen) atoms. The molecular weight excluding hydrogens is 522 g/mol. The molecule has 11 nitrogen and oxygen atoms in total. The van der Waals surface area contributed by atoms with Crippen LogP contribution < -0.4 is 0 Å². The standard InChI is InChI=1S/C29H45NO10/c1-13-5-6-19-26(4,36)21-15(12-30(19)11-13)16-10-27-23(28(16,24(35)22(21)34)40-38-14(2)31)17(32)9-18-25(27,3)8-7-20(33)29(18,37)39-27/h13,15-24,32-37H,5-12H2,1-4H3/t13?,15?,16?,17-,18?,19?,20?,21?,22?,23?,24+,25?,26-,27?,28+,29?/m1/s1. The fourth-order valence-electron chi connectivity index (χ4n) is 11.7. The fourth-order valence-corrected chi connectivity index (χ4v) is 11.7. The van der Waals surface area contributed by atoms with E-state index in [9.17, 15) is 35.4 Å². The molecule has 16 atom stereocenters. The molecule has 0 aromatic carbocycles. The predicted octanol–water partition coefficient (Wildman–Crippen LogP) is -0.312. The van der Waals surface area contributed by atoms with Gasteiger partial charge in [0.15, 0.2) is 11.4 Å². The Labute approximate surface area is 234 Å². The summed E-state index contributed by atoms with van der Waals surface area (Å²) in [6.07, 6.45) is -2.42. The van der Waals surface area contributed by atoms with Crippen molar-refractivity contribution < 1.29 is 49.9 Å². The summed E-state index contributed by atoms with van der Waals surface area (Å²) in [5.41, 5.74) is -5.01. The third kappa shape index (κ3) is 3.04. The van der Waals surface area contributed by atoms with Crippen LogP contribution in [0, 0.1) is 40.9 Å². The van der Waals surface area contributed by atoms with Gasteiger partial charge in [0.1, 0.15) is 12.2 Å². The van der Waals surface area contributed by atoms with Crippen LogP contribution in [0.4, 0.5) is 0 Å². The molecule has 11 heteroatoms. The predicted molar refractivity (Wildman–Crippen MR) is 137 cm³/mol. The second-order valence-corrected chi connectivity index (χ2v) is 14.9. The van der Waals surface area contributed by atoms with Crippen molar-refractivity contribution in [2.24, 2.45) is 40.9 Å². The van der Waals surface area contributed by atoms with E-state index in [1.54, 1.807) is 6.92 Å². The lowest BCUT2D eigenvalue weighted by Gasteiger charge is -2.63. The van der Waals surface area contributed by atoms with Gasteiger partial charge in [-0.25, -0.2) is 4.79 Å². The lowest BCUT2D eigenvalue weighted by atomic mass is 9.49. The summed E-state index contributed by atoms with van der Waals surface area (Å²) in [6.45, 7) is 8.44. The highest BCUT2D eigenvalue weighted by atomic mass is 17.2. The molecule has 0 amide bonds. The number of carbonyl (C=O) groups is 1. The lowest BCUT2D eigenvalue weighted by Crippen LogP contribution is -2.77. The van der Waals surface area contributed by atoms with E-state index in [4.69, 9.17) is 14.5 Å². The third-order valence-corrected chi connectivity index (χ3v) is 13.1. The molecule has 3 heterocycles. The minimum atomic E-state index is -1.88. The first-order chi connectivity index (χ1) is 18.6. The van der Waals surface area contributed by atoms with Gasteiger partial charge in [-0.3, -0.25) is 9.79 Å². The molecule has 12 unspecified atom stereocenters. The van der Waals surface area contributed by atoms with Crippen LogP contribution in [-0.4, -0.2) is 108 Å². The maximum Gasteiger partial charge on any atom is 0.339 e. The molecule has 4 bridgehead atoms. The number of ether oxygens (including phenoxy) is 1. The first-order valence-electron chi connectivity index (χ1n) is 15.1. The lowest BCUT2D eigenvalue weighted by molar-refractivity contribution is -0.408. The number of hydrogen-bond donors (Lipinski definition) is 6. The Morgan fingerprint density at radius 3 is 2.48 bits per heavy atom. The largest absolute Gasteiger partial charge is 0.393 e. The van der Waals surface area contributed by atoms with Crippen LogP contribution in [0.15, 0.2) is 0 Å². The zero-order valence-corrected chi connectivity index (χ0v) is 23.8. The van der Waals surface area contributed by atoms with Crippen molar-refractivity contribution in [2.45, 2.75) is 119 Å². The van der Waals surface area contributed by atoms with Gasteiger partial charge in [-0.05, 0) is 57.3 Å². The van der Waals surface area contributed by atoms with Gasteiger partial charge in [0.2, 0.25) is 0 Å². The average molecular weight is 568 g/mol. The maximum atomic E-state index is 12.1. The van der Waals surface area contributed by atoms with E-state index in [2.05, 4.69) is 11.8 Å². The van der Waals surface area contributed by atoms with Crippen LogP contribution in [0.1, 0.15) is 66.2 Å². The second kappa shape index (κ2) is 8.39. The van der Waals surface area contributed by atoms with Crippen LogP contribution in [0.25, 0.3) is 0 Å².